The lowest BCUT2D eigenvalue weighted by molar-refractivity contribution is 0.0576. The third-order valence-corrected chi connectivity index (χ3v) is 2.68. The van der Waals surface area contributed by atoms with Gasteiger partial charge in [-0.05, 0) is 31.9 Å². The lowest BCUT2D eigenvalue weighted by Gasteiger charge is -2.20. The third kappa shape index (κ3) is 3.51. The first-order valence-corrected chi connectivity index (χ1v) is 5.68. The Labute approximate surface area is 97.6 Å². The van der Waals surface area contributed by atoms with E-state index in [-0.39, 0.29) is 12.1 Å². The molecule has 0 aromatic heterocycles. The van der Waals surface area contributed by atoms with Crippen LogP contribution in [0.2, 0.25) is 0 Å². The Morgan fingerprint density at radius 2 is 2.00 bits per heavy atom. The minimum atomic E-state index is -0.00347. The van der Waals surface area contributed by atoms with Gasteiger partial charge < -0.3 is 15.2 Å². The van der Waals surface area contributed by atoms with Crippen LogP contribution >= 0.6 is 0 Å². The van der Waals surface area contributed by atoms with E-state index in [0.29, 0.717) is 6.61 Å². The molecule has 0 radical (unpaired) electrons. The summed E-state index contributed by atoms with van der Waals surface area (Å²) >= 11 is 0. The van der Waals surface area contributed by atoms with Gasteiger partial charge in [-0.3, -0.25) is 0 Å². The van der Waals surface area contributed by atoms with Crippen molar-refractivity contribution in [2.75, 3.05) is 13.7 Å². The fourth-order valence-electron chi connectivity index (χ4n) is 1.68. The van der Waals surface area contributed by atoms with Gasteiger partial charge >= 0.3 is 0 Å². The largest absolute Gasteiger partial charge is 0.496 e. The molecule has 3 heteroatoms. The molecule has 0 amide bonds. The molecule has 0 heterocycles. The van der Waals surface area contributed by atoms with Crippen LogP contribution in [0.5, 0.6) is 5.75 Å². The first-order chi connectivity index (χ1) is 7.69. The van der Waals surface area contributed by atoms with E-state index in [1.165, 1.54) is 0 Å². The second kappa shape index (κ2) is 6.51. The maximum absolute atomic E-state index is 6.08. The highest BCUT2D eigenvalue weighted by molar-refractivity contribution is 5.33. The van der Waals surface area contributed by atoms with Gasteiger partial charge in [-0.15, -0.1) is 0 Å². The number of hydrogen-bond donors (Lipinski definition) is 1. The van der Waals surface area contributed by atoms with Crippen LogP contribution in [0.4, 0.5) is 0 Å². The van der Waals surface area contributed by atoms with Crippen LogP contribution in [0.15, 0.2) is 24.3 Å². The van der Waals surface area contributed by atoms with E-state index in [1.807, 2.05) is 38.1 Å². The van der Waals surface area contributed by atoms with E-state index in [9.17, 15) is 0 Å². The zero-order chi connectivity index (χ0) is 12.0. The normalized spacial score (nSPS) is 14.5. The van der Waals surface area contributed by atoms with Crippen molar-refractivity contribution in [3.8, 4) is 5.75 Å². The van der Waals surface area contributed by atoms with Gasteiger partial charge in [0.25, 0.3) is 0 Å². The van der Waals surface area contributed by atoms with Gasteiger partial charge in [0, 0.05) is 12.6 Å². The van der Waals surface area contributed by atoms with E-state index in [4.69, 9.17) is 15.2 Å². The quantitative estimate of drug-likeness (QED) is 0.802. The predicted octanol–water partition coefficient (Wildman–Crippen LogP) is 1.99. The van der Waals surface area contributed by atoms with Gasteiger partial charge in [-0.25, -0.2) is 0 Å². The van der Waals surface area contributed by atoms with Crippen LogP contribution in [0, 0.1) is 0 Å². The van der Waals surface area contributed by atoms with Gasteiger partial charge in [0.15, 0.2) is 0 Å². The first kappa shape index (κ1) is 13.0. The fourth-order valence-corrected chi connectivity index (χ4v) is 1.68. The van der Waals surface area contributed by atoms with Gasteiger partial charge in [0.2, 0.25) is 0 Å². The summed E-state index contributed by atoms with van der Waals surface area (Å²) in [6.07, 6.45) is 0.834. The predicted molar refractivity (Wildman–Crippen MR) is 65.8 cm³/mol. The number of rotatable bonds is 6. The van der Waals surface area contributed by atoms with Gasteiger partial charge in [0.05, 0.1) is 13.2 Å². The second-order valence-corrected chi connectivity index (χ2v) is 3.84. The molecule has 0 saturated carbocycles. The summed E-state index contributed by atoms with van der Waals surface area (Å²) in [5.74, 6) is 0.890. The van der Waals surface area contributed by atoms with Crippen molar-refractivity contribution in [3.05, 3.63) is 29.8 Å². The average Bonchev–Trinajstić information content (AvgIpc) is 2.30. The summed E-state index contributed by atoms with van der Waals surface area (Å²) in [5, 5.41) is 0. The average molecular weight is 223 g/mol. The summed E-state index contributed by atoms with van der Waals surface area (Å²) < 4.78 is 10.8. The maximum atomic E-state index is 6.08. The highest BCUT2D eigenvalue weighted by Crippen LogP contribution is 2.19. The van der Waals surface area contributed by atoms with Crippen LogP contribution in [-0.4, -0.2) is 25.9 Å². The van der Waals surface area contributed by atoms with E-state index in [1.54, 1.807) is 7.11 Å². The van der Waals surface area contributed by atoms with Crippen molar-refractivity contribution >= 4 is 0 Å². The molecule has 90 valence electrons. The van der Waals surface area contributed by atoms with Crippen molar-refractivity contribution < 1.29 is 9.47 Å². The number of benzene rings is 1. The summed E-state index contributed by atoms with van der Waals surface area (Å²) in [4.78, 5) is 0. The fraction of sp³-hybridized carbons (Fsp3) is 0.538. The van der Waals surface area contributed by atoms with Gasteiger partial charge in [-0.1, -0.05) is 18.2 Å². The molecule has 3 nitrogen and oxygen atoms in total. The van der Waals surface area contributed by atoms with Crippen LogP contribution < -0.4 is 10.5 Å². The Kier molecular flexibility index (Phi) is 5.29. The van der Waals surface area contributed by atoms with Crippen LogP contribution in [0.25, 0.3) is 0 Å². The molecule has 2 N–H and O–H groups in total. The highest BCUT2D eigenvalue weighted by atomic mass is 16.5. The van der Waals surface area contributed by atoms with Crippen molar-refractivity contribution in [1.82, 2.24) is 0 Å². The lowest BCUT2D eigenvalue weighted by Crippen LogP contribution is -2.36. The number of ether oxygens (including phenoxy) is 2. The molecule has 2 unspecified atom stereocenters. The first-order valence-electron chi connectivity index (χ1n) is 5.68. The molecule has 1 rings (SSSR count). The molecule has 0 saturated heterocycles. The SMILES string of the molecule is CCOC(C)C(N)Cc1ccccc1OC. The topological polar surface area (TPSA) is 44.5 Å². The van der Waals surface area contributed by atoms with Crippen LogP contribution in [0.3, 0.4) is 0 Å². The minimum absolute atomic E-state index is 0.00347. The zero-order valence-electron chi connectivity index (χ0n) is 10.3. The number of nitrogens with two attached hydrogens (primary N) is 1. The molecule has 16 heavy (non-hydrogen) atoms. The van der Waals surface area contributed by atoms with Crippen molar-refractivity contribution in [2.45, 2.75) is 32.4 Å². The second-order valence-electron chi connectivity index (χ2n) is 3.84. The Morgan fingerprint density at radius 3 is 2.62 bits per heavy atom. The van der Waals surface area contributed by atoms with Gasteiger partial charge in [0.1, 0.15) is 5.75 Å². The molecule has 1 aromatic carbocycles. The van der Waals surface area contributed by atoms with E-state index >= 15 is 0 Å². The molecular weight excluding hydrogens is 202 g/mol. The Hall–Kier alpha value is -1.06. The minimum Gasteiger partial charge on any atom is -0.496 e. The molecule has 0 bridgehead atoms. The lowest BCUT2D eigenvalue weighted by atomic mass is 10.0. The van der Waals surface area contributed by atoms with Crippen molar-refractivity contribution in [1.29, 1.82) is 0 Å². The smallest absolute Gasteiger partial charge is 0.122 e. The molecule has 0 spiro atoms. The van der Waals surface area contributed by atoms with Crippen molar-refractivity contribution in [2.24, 2.45) is 5.73 Å². The summed E-state index contributed by atoms with van der Waals surface area (Å²) in [6, 6.07) is 7.94. The zero-order valence-corrected chi connectivity index (χ0v) is 10.3. The molecule has 2 atom stereocenters. The number of hydrogen-bond acceptors (Lipinski definition) is 3. The molecule has 0 aliphatic rings. The van der Waals surface area contributed by atoms with E-state index in [2.05, 4.69) is 0 Å². The highest BCUT2D eigenvalue weighted by Gasteiger charge is 2.15. The van der Waals surface area contributed by atoms with Crippen LogP contribution in [0.1, 0.15) is 19.4 Å². The number of para-hydroxylation sites is 1. The van der Waals surface area contributed by atoms with E-state index < -0.39 is 0 Å². The Morgan fingerprint density at radius 1 is 1.31 bits per heavy atom. The van der Waals surface area contributed by atoms with Crippen LogP contribution in [-0.2, 0) is 11.2 Å². The summed E-state index contributed by atoms with van der Waals surface area (Å²) in [6.45, 7) is 4.68. The Bertz CT molecular complexity index is 315. The molecule has 1 aromatic rings. The summed E-state index contributed by atoms with van der Waals surface area (Å²) in [7, 11) is 1.68. The number of methoxy groups -OCH3 is 1. The Balaban J connectivity index is 2.64. The third-order valence-electron chi connectivity index (χ3n) is 2.68. The van der Waals surface area contributed by atoms with Crippen molar-refractivity contribution in [3.63, 3.8) is 0 Å². The summed E-state index contributed by atoms with van der Waals surface area (Å²) in [5.41, 5.74) is 7.21. The monoisotopic (exact) mass is 223 g/mol. The molecule has 0 fully saturated rings. The molecule has 0 aliphatic carbocycles. The molecule has 0 aliphatic heterocycles. The standard InChI is InChI=1S/C13H21NO2/c1-4-16-10(2)12(14)9-11-7-5-6-8-13(11)15-3/h5-8,10,12H,4,9,14H2,1-3H3. The van der Waals surface area contributed by atoms with Gasteiger partial charge in [-0.2, -0.15) is 0 Å². The van der Waals surface area contributed by atoms with E-state index in [0.717, 1.165) is 17.7 Å². The molecular formula is C13H21NO2. The maximum Gasteiger partial charge on any atom is 0.122 e.